The third-order valence-electron chi connectivity index (χ3n) is 2.22. The third-order valence-corrected chi connectivity index (χ3v) is 2.22. The zero-order chi connectivity index (χ0) is 13.4. The summed E-state index contributed by atoms with van der Waals surface area (Å²) in [5.74, 6) is -0.445. The molecule has 100 valence electrons. The summed E-state index contributed by atoms with van der Waals surface area (Å²) in [5, 5.41) is 21.9. The quantitative estimate of drug-likeness (QED) is 0.403. The fraction of sp³-hybridized carbons (Fsp3) is 0.500. The number of urea groups is 1. The van der Waals surface area contributed by atoms with Gasteiger partial charge in [0.1, 0.15) is 5.82 Å². The number of carboxylic acid groups (broad SMARTS) is 1. The Morgan fingerprint density at radius 1 is 1.50 bits per heavy atom. The monoisotopic (exact) mass is 256 g/mol. The Labute approximate surface area is 103 Å². The number of aliphatic hydroxyl groups is 1. The number of aryl methyl sites for hydroxylation is 1. The lowest BCUT2D eigenvalue weighted by atomic mass is 10.3. The zero-order valence-electron chi connectivity index (χ0n) is 9.72. The molecule has 0 aromatic carbocycles. The van der Waals surface area contributed by atoms with Gasteiger partial charge in [-0.05, 0) is 6.42 Å². The summed E-state index contributed by atoms with van der Waals surface area (Å²) in [4.78, 5) is 28.7. The molecule has 18 heavy (non-hydrogen) atoms. The molecule has 1 unspecified atom stereocenters. The molecule has 5 N–H and O–H groups in total. The lowest BCUT2D eigenvalue weighted by Gasteiger charge is -2.12. The molecule has 1 aromatic heterocycles. The van der Waals surface area contributed by atoms with Crippen LogP contribution in [0.2, 0.25) is 0 Å². The van der Waals surface area contributed by atoms with Crippen molar-refractivity contribution in [1.29, 1.82) is 0 Å². The predicted molar refractivity (Wildman–Crippen MR) is 62.0 cm³/mol. The molecule has 0 radical (unpaired) electrons. The third kappa shape index (κ3) is 4.83. The number of carboxylic acids is 1. The molecule has 1 atom stereocenters. The number of aromatic amines is 1. The predicted octanol–water partition coefficient (Wildman–Crippen LogP) is -0.913. The summed E-state index contributed by atoms with van der Waals surface area (Å²) in [5.41, 5.74) is 0. The number of hydrogen-bond donors (Lipinski definition) is 5. The number of nitrogens with one attached hydrogen (secondary N) is 3. The zero-order valence-corrected chi connectivity index (χ0v) is 9.72. The second kappa shape index (κ2) is 7.28. The van der Waals surface area contributed by atoms with Gasteiger partial charge in [0.2, 0.25) is 0 Å². The molecule has 0 aliphatic rings. The SMILES string of the molecule is O=C(NCCCc1ncc[nH]1)NC(CO)C(=O)O. The van der Waals surface area contributed by atoms with Crippen LogP contribution in [0.5, 0.6) is 0 Å². The fourth-order valence-corrected chi connectivity index (χ4v) is 1.29. The largest absolute Gasteiger partial charge is 0.480 e. The van der Waals surface area contributed by atoms with Crippen LogP contribution in [0.1, 0.15) is 12.2 Å². The van der Waals surface area contributed by atoms with Crippen LogP contribution in [0.4, 0.5) is 4.79 Å². The molecular formula is C10H16N4O4. The topological polar surface area (TPSA) is 127 Å². The molecule has 1 aromatic rings. The van der Waals surface area contributed by atoms with Crippen LogP contribution < -0.4 is 10.6 Å². The van der Waals surface area contributed by atoms with Gasteiger partial charge in [-0.3, -0.25) is 0 Å². The number of aromatic nitrogens is 2. The van der Waals surface area contributed by atoms with Crippen LogP contribution in [-0.2, 0) is 11.2 Å². The molecule has 0 aliphatic heterocycles. The van der Waals surface area contributed by atoms with Crippen molar-refractivity contribution in [2.75, 3.05) is 13.2 Å². The minimum Gasteiger partial charge on any atom is -0.480 e. The minimum absolute atomic E-state index is 0.393. The smallest absolute Gasteiger partial charge is 0.328 e. The molecule has 0 fully saturated rings. The Bertz CT molecular complexity index is 379. The average molecular weight is 256 g/mol. The second-order valence-corrected chi connectivity index (χ2v) is 3.61. The van der Waals surface area contributed by atoms with Gasteiger partial charge < -0.3 is 25.8 Å². The number of amides is 2. The van der Waals surface area contributed by atoms with Crippen LogP contribution in [0.25, 0.3) is 0 Å². The van der Waals surface area contributed by atoms with Gasteiger partial charge in [0, 0.05) is 25.4 Å². The van der Waals surface area contributed by atoms with Crippen molar-refractivity contribution in [3.63, 3.8) is 0 Å². The number of H-pyrrole nitrogens is 1. The van der Waals surface area contributed by atoms with Crippen LogP contribution in [0, 0.1) is 0 Å². The fourth-order valence-electron chi connectivity index (χ4n) is 1.29. The summed E-state index contributed by atoms with van der Waals surface area (Å²) in [7, 11) is 0. The van der Waals surface area contributed by atoms with E-state index in [4.69, 9.17) is 10.2 Å². The van der Waals surface area contributed by atoms with Gasteiger partial charge in [0.25, 0.3) is 0 Å². The number of hydrogen-bond acceptors (Lipinski definition) is 4. The number of rotatable bonds is 7. The van der Waals surface area contributed by atoms with Gasteiger partial charge in [-0.25, -0.2) is 14.6 Å². The second-order valence-electron chi connectivity index (χ2n) is 3.61. The van der Waals surface area contributed by atoms with Crippen LogP contribution in [-0.4, -0.2) is 51.4 Å². The van der Waals surface area contributed by atoms with Crippen molar-refractivity contribution in [3.8, 4) is 0 Å². The van der Waals surface area contributed by atoms with Crippen molar-refractivity contribution in [1.82, 2.24) is 20.6 Å². The highest BCUT2D eigenvalue weighted by atomic mass is 16.4. The van der Waals surface area contributed by atoms with Gasteiger partial charge in [0.15, 0.2) is 6.04 Å². The van der Waals surface area contributed by atoms with Crippen molar-refractivity contribution in [2.45, 2.75) is 18.9 Å². The molecule has 8 heteroatoms. The van der Waals surface area contributed by atoms with E-state index in [1.54, 1.807) is 12.4 Å². The Balaban J connectivity index is 2.15. The first-order chi connectivity index (χ1) is 8.63. The van der Waals surface area contributed by atoms with E-state index in [-0.39, 0.29) is 0 Å². The number of imidazole rings is 1. The molecule has 1 rings (SSSR count). The van der Waals surface area contributed by atoms with Crippen molar-refractivity contribution >= 4 is 12.0 Å². The lowest BCUT2D eigenvalue weighted by molar-refractivity contribution is -0.140. The molecule has 0 saturated heterocycles. The van der Waals surface area contributed by atoms with E-state index in [0.717, 1.165) is 5.82 Å². The van der Waals surface area contributed by atoms with Crippen molar-refractivity contribution < 1.29 is 19.8 Å². The number of aliphatic hydroxyl groups excluding tert-OH is 1. The van der Waals surface area contributed by atoms with Gasteiger partial charge in [-0.1, -0.05) is 0 Å². The molecule has 1 heterocycles. The first-order valence-corrected chi connectivity index (χ1v) is 5.49. The van der Waals surface area contributed by atoms with Crippen molar-refractivity contribution in [2.24, 2.45) is 0 Å². The van der Waals surface area contributed by atoms with Gasteiger partial charge in [-0.2, -0.15) is 0 Å². The van der Waals surface area contributed by atoms with Crippen LogP contribution in [0.15, 0.2) is 12.4 Å². The molecule has 0 spiro atoms. The Hall–Kier alpha value is -2.09. The summed E-state index contributed by atoms with van der Waals surface area (Å²) in [6, 6.07) is -1.90. The van der Waals surface area contributed by atoms with E-state index < -0.39 is 24.6 Å². The Kier molecular flexibility index (Phi) is 5.65. The maximum absolute atomic E-state index is 11.3. The van der Waals surface area contributed by atoms with Gasteiger partial charge in [0.05, 0.1) is 6.61 Å². The summed E-state index contributed by atoms with van der Waals surface area (Å²) in [6.07, 6.45) is 4.73. The summed E-state index contributed by atoms with van der Waals surface area (Å²) < 4.78 is 0. The lowest BCUT2D eigenvalue weighted by Crippen LogP contribution is -2.48. The first-order valence-electron chi connectivity index (χ1n) is 5.49. The highest BCUT2D eigenvalue weighted by Gasteiger charge is 2.17. The van der Waals surface area contributed by atoms with Crippen molar-refractivity contribution in [3.05, 3.63) is 18.2 Å². The Morgan fingerprint density at radius 2 is 2.28 bits per heavy atom. The number of carbonyl (C=O) groups is 2. The highest BCUT2D eigenvalue weighted by Crippen LogP contribution is 1.93. The highest BCUT2D eigenvalue weighted by molar-refractivity contribution is 5.82. The summed E-state index contributed by atoms with van der Waals surface area (Å²) >= 11 is 0. The number of nitrogens with zero attached hydrogens (tertiary/aromatic N) is 1. The van der Waals surface area contributed by atoms with E-state index in [9.17, 15) is 9.59 Å². The molecule has 0 aliphatic carbocycles. The molecular weight excluding hydrogens is 240 g/mol. The standard InChI is InChI=1S/C10H16N4O4/c15-6-7(9(16)17)14-10(18)13-3-1-2-8-11-4-5-12-8/h4-5,7,15H,1-3,6H2,(H,11,12)(H,16,17)(H2,13,14,18). The maximum atomic E-state index is 11.3. The molecule has 2 amide bonds. The van der Waals surface area contributed by atoms with E-state index in [2.05, 4.69) is 20.6 Å². The van der Waals surface area contributed by atoms with E-state index in [1.807, 2.05) is 0 Å². The van der Waals surface area contributed by atoms with E-state index >= 15 is 0 Å². The molecule has 8 nitrogen and oxygen atoms in total. The number of aliphatic carboxylic acids is 1. The Morgan fingerprint density at radius 3 is 2.83 bits per heavy atom. The van der Waals surface area contributed by atoms with Gasteiger partial charge in [-0.15, -0.1) is 0 Å². The van der Waals surface area contributed by atoms with E-state index in [1.165, 1.54) is 0 Å². The molecule has 0 bridgehead atoms. The minimum atomic E-state index is -1.28. The molecule has 0 saturated carbocycles. The maximum Gasteiger partial charge on any atom is 0.328 e. The number of carbonyl (C=O) groups excluding carboxylic acids is 1. The van der Waals surface area contributed by atoms with Crippen LogP contribution in [0.3, 0.4) is 0 Å². The normalized spacial score (nSPS) is 11.8. The van der Waals surface area contributed by atoms with E-state index in [0.29, 0.717) is 19.4 Å². The van der Waals surface area contributed by atoms with Crippen LogP contribution >= 0.6 is 0 Å². The summed E-state index contributed by atoms with van der Waals surface area (Å²) in [6.45, 7) is -0.251. The first kappa shape index (κ1) is 14.0. The van der Waals surface area contributed by atoms with Gasteiger partial charge >= 0.3 is 12.0 Å². The average Bonchev–Trinajstić information content (AvgIpc) is 2.84.